The number of hydrogen-bond acceptors (Lipinski definition) is 1. The zero-order valence-electron chi connectivity index (χ0n) is 14.7. The second-order valence-corrected chi connectivity index (χ2v) is 6.62. The Labute approximate surface area is 164 Å². The van der Waals surface area contributed by atoms with E-state index in [0.717, 1.165) is 0 Å². The van der Waals surface area contributed by atoms with Crippen molar-refractivity contribution in [2.75, 3.05) is 6.54 Å². The van der Waals surface area contributed by atoms with Gasteiger partial charge in [0.15, 0.2) is 0 Å². The number of carbonyl (C=O) groups excluding carboxylic acids is 1. The molecule has 0 fully saturated rings. The van der Waals surface area contributed by atoms with E-state index in [0.29, 0.717) is 5.56 Å². The lowest BCUT2D eigenvalue weighted by Gasteiger charge is -2.40. The first-order valence-electron chi connectivity index (χ1n) is 8.05. The average molecular weight is 479 g/mol. The summed E-state index contributed by atoms with van der Waals surface area (Å²) in [6.45, 7) is -1.61. The molecule has 0 aromatic heterocycles. The second-order valence-electron chi connectivity index (χ2n) is 6.62. The standard InChI is InChI=1S/C16H10F13NO/c17-11(18,10(31)30-6-5-8-3-1-2-4-9(8)7-30)12(19,20)13(21,22)14(23,24)15(25,26)16(27,28)29/h1-4H,5-7H2. The zero-order chi connectivity index (χ0) is 24.3. The minimum Gasteiger partial charge on any atom is -0.333 e. The van der Waals surface area contributed by atoms with Gasteiger partial charge in [0.25, 0.3) is 5.91 Å². The summed E-state index contributed by atoms with van der Waals surface area (Å²) in [5.74, 6) is -41.3. The van der Waals surface area contributed by atoms with E-state index in [-0.39, 0.29) is 16.9 Å². The van der Waals surface area contributed by atoms with Crippen LogP contribution in [0, 0.1) is 0 Å². The first-order valence-corrected chi connectivity index (χ1v) is 8.05. The molecular formula is C16H10F13NO. The van der Waals surface area contributed by atoms with Crippen molar-refractivity contribution < 1.29 is 61.9 Å². The van der Waals surface area contributed by atoms with Crippen molar-refractivity contribution in [3.63, 3.8) is 0 Å². The summed E-state index contributed by atoms with van der Waals surface area (Å²) in [5.41, 5.74) is 0.574. The van der Waals surface area contributed by atoms with Gasteiger partial charge in [-0.2, -0.15) is 57.1 Å². The Morgan fingerprint density at radius 1 is 0.677 bits per heavy atom. The smallest absolute Gasteiger partial charge is 0.333 e. The van der Waals surface area contributed by atoms with Gasteiger partial charge in [-0.25, -0.2) is 0 Å². The number of fused-ring (bicyclic) bond motifs is 1. The molecule has 0 unspecified atom stereocenters. The van der Waals surface area contributed by atoms with E-state index in [1.54, 1.807) is 0 Å². The second kappa shape index (κ2) is 7.15. The summed E-state index contributed by atoms with van der Waals surface area (Å²) in [5, 5.41) is 0. The lowest BCUT2D eigenvalue weighted by molar-refractivity contribution is -0.436. The molecule has 176 valence electrons. The van der Waals surface area contributed by atoms with Crippen molar-refractivity contribution in [2.24, 2.45) is 0 Å². The Kier molecular flexibility index (Phi) is 5.78. The van der Waals surface area contributed by atoms with E-state index in [9.17, 15) is 61.9 Å². The average Bonchev–Trinajstić information content (AvgIpc) is 2.65. The molecule has 1 aromatic rings. The molecule has 0 atom stereocenters. The van der Waals surface area contributed by atoms with Crippen LogP contribution in [0.1, 0.15) is 11.1 Å². The molecule has 0 saturated heterocycles. The molecule has 0 radical (unpaired) electrons. The highest BCUT2D eigenvalue weighted by Gasteiger charge is 2.91. The van der Waals surface area contributed by atoms with E-state index in [4.69, 9.17) is 0 Å². The predicted molar refractivity (Wildman–Crippen MR) is 76.4 cm³/mol. The van der Waals surface area contributed by atoms with Gasteiger partial charge in [0.1, 0.15) is 0 Å². The molecule has 1 heterocycles. The van der Waals surface area contributed by atoms with Gasteiger partial charge in [-0.05, 0) is 17.5 Å². The number of halogens is 13. The molecule has 1 aromatic carbocycles. The number of amides is 1. The van der Waals surface area contributed by atoms with Crippen LogP contribution in [0.5, 0.6) is 0 Å². The fourth-order valence-electron chi connectivity index (χ4n) is 2.77. The van der Waals surface area contributed by atoms with Crippen LogP contribution in [-0.4, -0.2) is 53.1 Å². The Bertz CT molecular complexity index is 846. The van der Waals surface area contributed by atoms with Crippen molar-refractivity contribution in [3.8, 4) is 0 Å². The normalized spacial score (nSPS) is 16.9. The maximum atomic E-state index is 14.0. The fourth-order valence-corrected chi connectivity index (χ4v) is 2.77. The van der Waals surface area contributed by atoms with Crippen LogP contribution in [-0.2, 0) is 17.8 Å². The van der Waals surface area contributed by atoms with Crippen LogP contribution < -0.4 is 0 Å². The van der Waals surface area contributed by atoms with Crippen LogP contribution in [0.3, 0.4) is 0 Å². The molecule has 1 aliphatic heterocycles. The molecule has 0 aliphatic carbocycles. The minimum absolute atomic E-state index is 0.113. The van der Waals surface area contributed by atoms with Gasteiger partial charge in [-0.1, -0.05) is 24.3 Å². The molecular weight excluding hydrogens is 469 g/mol. The molecule has 0 spiro atoms. The number of alkyl halides is 13. The van der Waals surface area contributed by atoms with Crippen molar-refractivity contribution >= 4 is 5.91 Å². The molecule has 1 amide bonds. The van der Waals surface area contributed by atoms with Crippen LogP contribution in [0.4, 0.5) is 57.1 Å². The first-order chi connectivity index (χ1) is 13.7. The molecule has 1 aliphatic rings. The lowest BCUT2D eigenvalue weighted by Crippen LogP contribution is -2.72. The highest BCUT2D eigenvalue weighted by molar-refractivity contribution is 5.85. The zero-order valence-corrected chi connectivity index (χ0v) is 14.7. The van der Waals surface area contributed by atoms with Gasteiger partial charge in [0, 0.05) is 13.1 Å². The summed E-state index contributed by atoms with van der Waals surface area (Å²) >= 11 is 0. The molecule has 0 saturated carbocycles. The maximum absolute atomic E-state index is 14.0. The highest BCUT2D eigenvalue weighted by Crippen LogP contribution is 2.60. The minimum atomic E-state index is -8.03. The predicted octanol–water partition coefficient (Wildman–Crippen LogP) is 5.31. The third kappa shape index (κ3) is 3.49. The lowest BCUT2D eigenvalue weighted by atomic mass is 9.92. The number of nitrogens with zero attached hydrogens (tertiary/aromatic N) is 1. The Balaban J connectivity index is 2.43. The van der Waals surface area contributed by atoms with Gasteiger partial charge < -0.3 is 4.90 Å². The van der Waals surface area contributed by atoms with Crippen molar-refractivity contribution in [3.05, 3.63) is 35.4 Å². The molecule has 0 bridgehead atoms. The third-order valence-electron chi connectivity index (χ3n) is 4.62. The Morgan fingerprint density at radius 2 is 1.13 bits per heavy atom. The Hall–Kier alpha value is -2.22. The van der Waals surface area contributed by atoms with E-state index in [1.165, 1.54) is 24.3 Å². The van der Waals surface area contributed by atoms with Crippen molar-refractivity contribution in [1.29, 1.82) is 0 Å². The number of carbonyl (C=O) groups is 1. The molecule has 2 nitrogen and oxygen atoms in total. The van der Waals surface area contributed by atoms with Crippen LogP contribution in [0.15, 0.2) is 24.3 Å². The van der Waals surface area contributed by atoms with Crippen LogP contribution in [0.2, 0.25) is 0 Å². The molecule has 2 rings (SSSR count). The summed E-state index contributed by atoms with van der Waals surface area (Å²) in [6.07, 6.45) is -7.73. The van der Waals surface area contributed by atoms with E-state index in [1.807, 2.05) is 0 Å². The fraction of sp³-hybridized carbons (Fsp3) is 0.562. The van der Waals surface area contributed by atoms with Crippen molar-refractivity contribution in [1.82, 2.24) is 4.90 Å². The van der Waals surface area contributed by atoms with Gasteiger partial charge in [-0.15, -0.1) is 0 Å². The number of hydrogen-bond donors (Lipinski definition) is 0. The van der Waals surface area contributed by atoms with E-state index in [2.05, 4.69) is 0 Å². The summed E-state index contributed by atoms with van der Waals surface area (Å²) < 4.78 is 171. The largest absolute Gasteiger partial charge is 0.460 e. The van der Waals surface area contributed by atoms with Gasteiger partial charge in [-0.3, -0.25) is 4.79 Å². The molecule has 31 heavy (non-hydrogen) atoms. The topological polar surface area (TPSA) is 20.3 Å². The van der Waals surface area contributed by atoms with Gasteiger partial charge >= 0.3 is 35.8 Å². The van der Waals surface area contributed by atoms with Gasteiger partial charge in [0.2, 0.25) is 0 Å². The maximum Gasteiger partial charge on any atom is 0.460 e. The van der Waals surface area contributed by atoms with E-state index < -0.39 is 54.8 Å². The third-order valence-corrected chi connectivity index (χ3v) is 4.62. The van der Waals surface area contributed by atoms with Crippen LogP contribution >= 0.6 is 0 Å². The highest BCUT2D eigenvalue weighted by atomic mass is 19.4. The first kappa shape index (κ1) is 25.0. The molecule has 15 heteroatoms. The monoisotopic (exact) mass is 479 g/mol. The quantitative estimate of drug-likeness (QED) is 0.525. The molecule has 0 N–H and O–H groups in total. The number of benzene rings is 1. The Morgan fingerprint density at radius 3 is 1.61 bits per heavy atom. The summed E-state index contributed by atoms with van der Waals surface area (Å²) in [7, 11) is 0. The number of rotatable bonds is 5. The van der Waals surface area contributed by atoms with E-state index >= 15 is 0 Å². The summed E-state index contributed by atoms with van der Waals surface area (Å²) in [4.78, 5) is 11.7. The SMILES string of the molecule is O=C(N1CCc2ccccc2C1)C(F)(F)C(F)(F)C(F)(F)C(F)(F)C(F)(F)C(F)(F)F. The summed E-state index contributed by atoms with van der Waals surface area (Å²) in [6, 6.07) is 5.53. The van der Waals surface area contributed by atoms with Gasteiger partial charge in [0.05, 0.1) is 0 Å². The van der Waals surface area contributed by atoms with Crippen LogP contribution in [0.25, 0.3) is 0 Å². The van der Waals surface area contributed by atoms with Crippen molar-refractivity contribution in [2.45, 2.75) is 48.8 Å².